The molecule has 3 heterocycles. The maximum Gasteiger partial charge on any atom is 0.263 e. The number of carbonyl (C=O) groups is 1. The van der Waals surface area contributed by atoms with Crippen molar-refractivity contribution < 1.29 is 4.79 Å². The van der Waals surface area contributed by atoms with E-state index in [-0.39, 0.29) is 5.91 Å². The van der Waals surface area contributed by atoms with Gasteiger partial charge in [0.15, 0.2) is 0 Å². The van der Waals surface area contributed by atoms with E-state index < -0.39 is 0 Å². The molecule has 1 aliphatic rings. The zero-order valence-corrected chi connectivity index (χ0v) is 17.1. The van der Waals surface area contributed by atoms with Gasteiger partial charge in [0, 0.05) is 19.3 Å². The van der Waals surface area contributed by atoms with Crippen molar-refractivity contribution in [2.45, 2.75) is 19.3 Å². The Hall–Kier alpha value is -2.85. The van der Waals surface area contributed by atoms with Crippen LogP contribution in [0.3, 0.4) is 0 Å². The minimum atomic E-state index is 0.177. The van der Waals surface area contributed by atoms with Gasteiger partial charge < -0.3 is 9.47 Å². The van der Waals surface area contributed by atoms with Crippen LogP contribution in [0.2, 0.25) is 0 Å². The molecule has 0 unspecified atom stereocenters. The van der Waals surface area contributed by atoms with E-state index in [9.17, 15) is 4.79 Å². The fraction of sp³-hybridized carbons (Fsp3) is 0.240. The predicted molar refractivity (Wildman–Crippen MR) is 120 cm³/mol. The van der Waals surface area contributed by atoms with Gasteiger partial charge in [-0.25, -0.2) is 0 Å². The average molecular weight is 401 g/mol. The molecule has 0 bridgehead atoms. The Bertz CT molecular complexity index is 1120. The lowest BCUT2D eigenvalue weighted by Crippen LogP contribution is -2.38. The molecule has 0 N–H and O–H groups in total. The minimum absolute atomic E-state index is 0.177. The number of piperidine rings is 1. The molecule has 5 rings (SSSR count). The first-order valence-electron chi connectivity index (χ1n) is 10.3. The summed E-state index contributed by atoms with van der Waals surface area (Å²) in [5, 5.41) is 2.31. The van der Waals surface area contributed by atoms with E-state index in [2.05, 4.69) is 77.5 Å². The van der Waals surface area contributed by atoms with Crippen molar-refractivity contribution in [2.24, 2.45) is 5.92 Å². The Morgan fingerprint density at radius 1 is 0.897 bits per heavy atom. The third kappa shape index (κ3) is 3.73. The minimum Gasteiger partial charge on any atom is -0.338 e. The number of nitrogens with zero attached hydrogens (tertiary/aromatic N) is 2. The number of thiophene rings is 1. The molecule has 1 saturated heterocycles. The summed E-state index contributed by atoms with van der Waals surface area (Å²) >= 11 is 1.58. The summed E-state index contributed by atoms with van der Waals surface area (Å²) in [6, 6.07) is 25.2. The molecule has 2 aromatic heterocycles. The van der Waals surface area contributed by atoms with Crippen molar-refractivity contribution in [1.82, 2.24) is 9.47 Å². The maximum atomic E-state index is 13.0. The molecule has 0 aliphatic carbocycles. The summed E-state index contributed by atoms with van der Waals surface area (Å²) < 4.78 is 2.17. The summed E-state index contributed by atoms with van der Waals surface area (Å²) in [7, 11) is 0. The Balaban J connectivity index is 1.25. The maximum absolute atomic E-state index is 13.0. The van der Waals surface area contributed by atoms with Crippen LogP contribution in [0.1, 0.15) is 28.1 Å². The zero-order chi connectivity index (χ0) is 19.6. The highest BCUT2D eigenvalue weighted by atomic mass is 32.1. The summed E-state index contributed by atoms with van der Waals surface area (Å²) in [4.78, 5) is 15.9. The lowest BCUT2D eigenvalue weighted by Gasteiger charge is -2.31. The molecular weight excluding hydrogens is 376 g/mol. The highest BCUT2D eigenvalue weighted by Gasteiger charge is 2.25. The molecule has 1 fully saturated rings. The smallest absolute Gasteiger partial charge is 0.263 e. The predicted octanol–water partition coefficient (Wildman–Crippen LogP) is 5.79. The molecule has 1 aliphatic heterocycles. The summed E-state index contributed by atoms with van der Waals surface area (Å²) in [5.41, 5.74) is 2.58. The first kappa shape index (κ1) is 18.2. The molecule has 4 aromatic rings. The number of fused-ring (bicyclic) bond motifs is 1. The topological polar surface area (TPSA) is 25.2 Å². The lowest BCUT2D eigenvalue weighted by molar-refractivity contribution is 0.0695. The number of rotatable bonds is 4. The summed E-state index contributed by atoms with van der Waals surface area (Å²) in [5.74, 6) is 0.849. The van der Waals surface area contributed by atoms with Gasteiger partial charge in [0.1, 0.15) is 5.00 Å². The molecule has 3 nitrogen and oxygen atoms in total. The van der Waals surface area contributed by atoms with E-state index in [1.54, 1.807) is 11.3 Å². The van der Waals surface area contributed by atoms with Gasteiger partial charge in [-0.15, -0.1) is 11.3 Å². The molecule has 0 radical (unpaired) electrons. The van der Waals surface area contributed by atoms with Crippen LogP contribution < -0.4 is 0 Å². The first-order valence-corrected chi connectivity index (χ1v) is 11.1. The quantitative estimate of drug-likeness (QED) is 0.426. The second-order valence-corrected chi connectivity index (χ2v) is 8.87. The van der Waals surface area contributed by atoms with E-state index in [0.29, 0.717) is 5.92 Å². The number of aromatic nitrogens is 1. The van der Waals surface area contributed by atoms with Gasteiger partial charge >= 0.3 is 0 Å². The van der Waals surface area contributed by atoms with Gasteiger partial charge in [-0.2, -0.15) is 0 Å². The van der Waals surface area contributed by atoms with Crippen LogP contribution in [0.4, 0.5) is 0 Å². The third-order valence-electron chi connectivity index (χ3n) is 5.91. The van der Waals surface area contributed by atoms with Crippen molar-refractivity contribution in [1.29, 1.82) is 0 Å². The average Bonchev–Trinajstić information content (AvgIpc) is 3.42. The molecule has 4 heteroatoms. The molecule has 0 atom stereocenters. The molecule has 0 saturated carbocycles. The van der Waals surface area contributed by atoms with Crippen molar-refractivity contribution in [3.8, 4) is 5.00 Å². The Kier molecular flexibility index (Phi) is 4.94. The normalized spacial score (nSPS) is 15.1. The molecular formula is C25H24N2OS. The Morgan fingerprint density at radius 2 is 1.66 bits per heavy atom. The van der Waals surface area contributed by atoms with E-state index in [0.717, 1.165) is 42.2 Å². The number of benzene rings is 2. The van der Waals surface area contributed by atoms with Gasteiger partial charge in [-0.05, 0) is 60.4 Å². The van der Waals surface area contributed by atoms with Crippen LogP contribution in [-0.4, -0.2) is 28.5 Å². The monoisotopic (exact) mass is 400 g/mol. The fourth-order valence-electron chi connectivity index (χ4n) is 4.29. The number of likely N-dealkylation sites (tertiary alicyclic amines) is 1. The Labute approximate surface area is 175 Å². The van der Waals surface area contributed by atoms with E-state index in [1.807, 2.05) is 11.0 Å². The second-order valence-electron chi connectivity index (χ2n) is 7.81. The molecule has 29 heavy (non-hydrogen) atoms. The van der Waals surface area contributed by atoms with Crippen LogP contribution in [0.25, 0.3) is 15.9 Å². The number of carbonyl (C=O) groups excluding carboxylic acids is 1. The largest absolute Gasteiger partial charge is 0.338 e. The van der Waals surface area contributed by atoms with Gasteiger partial charge in [-0.1, -0.05) is 48.5 Å². The van der Waals surface area contributed by atoms with Gasteiger partial charge in [0.05, 0.1) is 10.4 Å². The molecule has 2 aromatic carbocycles. The number of hydrogen-bond donors (Lipinski definition) is 0. The number of amides is 1. The zero-order valence-electron chi connectivity index (χ0n) is 16.3. The molecule has 0 spiro atoms. The fourth-order valence-corrected chi connectivity index (χ4v) is 5.26. The van der Waals surface area contributed by atoms with Crippen LogP contribution in [0.5, 0.6) is 0 Å². The highest BCUT2D eigenvalue weighted by molar-refractivity contribution is 7.16. The van der Waals surface area contributed by atoms with Crippen LogP contribution in [0.15, 0.2) is 79.0 Å². The van der Waals surface area contributed by atoms with Crippen molar-refractivity contribution in [3.05, 3.63) is 89.4 Å². The van der Waals surface area contributed by atoms with Crippen LogP contribution >= 0.6 is 11.3 Å². The summed E-state index contributed by atoms with van der Waals surface area (Å²) in [6.07, 6.45) is 5.37. The molecule has 146 valence electrons. The van der Waals surface area contributed by atoms with Crippen LogP contribution in [-0.2, 0) is 6.42 Å². The third-order valence-corrected chi connectivity index (χ3v) is 6.98. The Morgan fingerprint density at radius 3 is 2.48 bits per heavy atom. The SMILES string of the molecule is O=C(c1ccc(-n2ccc3ccccc32)s1)N1CCC(Cc2ccccc2)CC1. The second kappa shape index (κ2) is 7.88. The lowest BCUT2D eigenvalue weighted by atomic mass is 9.90. The molecule has 1 amide bonds. The standard InChI is InChI=1S/C25H24N2OS/c28-25(26-15-12-20(13-16-26)18-19-6-2-1-3-7-19)23-10-11-24(29-23)27-17-14-21-8-4-5-9-22(21)27/h1-11,14,17,20H,12-13,15-16,18H2. The van der Waals surface area contributed by atoms with E-state index in [4.69, 9.17) is 0 Å². The van der Waals surface area contributed by atoms with Crippen molar-refractivity contribution in [2.75, 3.05) is 13.1 Å². The number of hydrogen-bond acceptors (Lipinski definition) is 2. The van der Waals surface area contributed by atoms with Gasteiger partial charge in [-0.3, -0.25) is 4.79 Å². The highest BCUT2D eigenvalue weighted by Crippen LogP contribution is 2.28. The van der Waals surface area contributed by atoms with Crippen molar-refractivity contribution in [3.63, 3.8) is 0 Å². The first-order chi connectivity index (χ1) is 14.3. The van der Waals surface area contributed by atoms with Crippen molar-refractivity contribution >= 4 is 28.1 Å². The number of para-hydroxylation sites is 1. The van der Waals surface area contributed by atoms with E-state index >= 15 is 0 Å². The van der Waals surface area contributed by atoms with Crippen LogP contribution in [0, 0.1) is 5.92 Å². The summed E-state index contributed by atoms with van der Waals surface area (Å²) in [6.45, 7) is 1.71. The van der Waals surface area contributed by atoms with Gasteiger partial charge in [0.2, 0.25) is 0 Å². The van der Waals surface area contributed by atoms with E-state index in [1.165, 1.54) is 16.5 Å². The van der Waals surface area contributed by atoms with Gasteiger partial charge in [0.25, 0.3) is 5.91 Å².